The van der Waals surface area contributed by atoms with Crippen LogP contribution >= 0.6 is 0 Å². The highest BCUT2D eigenvalue weighted by molar-refractivity contribution is 5.93. The SMILES string of the molecule is COc1ccccc1NC(=O)CN(CCC(=O)O)C1CC1. The van der Waals surface area contributed by atoms with Gasteiger partial charge in [-0.1, -0.05) is 12.1 Å². The van der Waals surface area contributed by atoms with Crippen molar-refractivity contribution < 1.29 is 19.4 Å². The van der Waals surface area contributed by atoms with Crippen LogP contribution in [0.4, 0.5) is 5.69 Å². The molecule has 0 aliphatic heterocycles. The van der Waals surface area contributed by atoms with Gasteiger partial charge < -0.3 is 15.2 Å². The molecule has 6 nitrogen and oxygen atoms in total. The van der Waals surface area contributed by atoms with Crippen LogP contribution in [0.2, 0.25) is 0 Å². The summed E-state index contributed by atoms with van der Waals surface area (Å²) in [6, 6.07) is 7.54. The maximum atomic E-state index is 12.1. The third-order valence-electron chi connectivity index (χ3n) is 3.40. The van der Waals surface area contributed by atoms with Crippen molar-refractivity contribution in [2.75, 3.05) is 25.5 Å². The Hall–Kier alpha value is -2.08. The van der Waals surface area contributed by atoms with Crippen molar-refractivity contribution in [3.63, 3.8) is 0 Å². The van der Waals surface area contributed by atoms with E-state index in [1.54, 1.807) is 19.2 Å². The summed E-state index contributed by atoms with van der Waals surface area (Å²) in [4.78, 5) is 24.7. The Morgan fingerprint density at radius 1 is 1.38 bits per heavy atom. The first-order valence-corrected chi connectivity index (χ1v) is 6.99. The Balaban J connectivity index is 1.91. The average molecular weight is 292 g/mol. The number of nitrogens with one attached hydrogen (secondary N) is 1. The fourth-order valence-corrected chi connectivity index (χ4v) is 2.19. The van der Waals surface area contributed by atoms with E-state index in [2.05, 4.69) is 5.32 Å². The lowest BCUT2D eigenvalue weighted by atomic mass is 10.3. The summed E-state index contributed by atoms with van der Waals surface area (Å²) < 4.78 is 5.18. The van der Waals surface area contributed by atoms with Crippen molar-refractivity contribution in [3.05, 3.63) is 24.3 Å². The highest BCUT2D eigenvalue weighted by Gasteiger charge is 2.30. The van der Waals surface area contributed by atoms with E-state index < -0.39 is 5.97 Å². The summed E-state index contributed by atoms with van der Waals surface area (Å²) in [7, 11) is 1.55. The van der Waals surface area contributed by atoms with E-state index in [0.717, 1.165) is 12.8 Å². The first kappa shape index (κ1) is 15.3. The molecule has 1 saturated carbocycles. The van der Waals surface area contributed by atoms with Crippen LogP contribution in [0.25, 0.3) is 0 Å². The van der Waals surface area contributed by atoms with Crippen molar-refractivity contribution in [2.24, 2.45) is 0 Å². The minimum Gasteiger partial charge on any atom is -0.495 e. The molecule has 1 aromatic rings. The second kappa shape index (κ2) is 7.08. The zero-order valence-corrected chi connectivity index (χ0v) is 12.0. The number of hydrogen-bond acceptors (Lipinski definition) is 4. The number of carbonyl (C=O) groups is 2. The Kier molecular flexibility index (Phi) is 5.16. The quantitative estimate of drug-likeness (QED) is 0.760. The molecule has 0 spiro atoms. The lowest BCUT2D eigenvalue weighted by molar-refractivity contribution is -0.137. The van der Waals surface area contributed by atoms with Gasteiger partial charge in [0.05, 0.1) is 25.8 Å². The van der Waals surface area contributed by atoms with Crippen LogP contribution in [0.5, 0.6) is 5.75 Å². The van der Waals surface area contributed by atoms with Gasteiger partial charge in [-0.2, -0.15) is 0 Å². The zero-order chi connectivity index (χ0) is 15.2. The highest BCUT2D eigenvalue weighted by Crippen LogP contribution is 2.27. The second-order valence-corrected chi connectivity index (χ2v) is 5.09. The number of carboxylic acid groups (broad SMARTS) is 1. The van der Waals surface area contributed by atoms with E-state index in [-0.39, 0.29) is 18.9 Å². The van der Waals surface area contributed by atoms with E-state index >= 15 is 0 Å². The largest absolute Gasteiger partial charge is 0.495 e. The number of benzene rings is 1. The minimum absolute atomic E-state index is 0.0540. The number of rotatable bonds is 8. The van der Waals surface area contributed by atoms with Gasteiger partial charge in [0.15, 0.2) is 0 Å². The summed E-state index contributed by atoms with van der Waals surface area (Å²) in [5.41, 5.74) is 0.624. The number of para-hydroxylation sites is 2. The van der Waals surface area contributed by atoms with Crippen LogP contribution in [-0.4, -0.2) is 48.1 Å². The molecule has 21 heavy (non-hydrogen) atoms. The van der Waals surface area contributed by atoms with Gasteiger partial charge in [0.2, 0.25) is 5.91 Å². The molecular formula is C15H20N2O4. The number of carbonyl (C=O) groups excluding carboxylic acids is 1. The van der Waals surface area contributed by atoms with Gasteiger partial charge in [-0.05, 0) is 25.0 Å². The van der Waals surface area contributed by atoms with Crippen molar-refractivity contribution in [2.45, 2.75) is 25.3 Å². The average Bonchev–Trinajstić information content (AvgIpc) is 3.28. The number of nitrogens with zero attached hydrogens (tertiary/aromatic N) is 1. The zero-order valence-electron chi connectivity index (χ0n) is 12.0. The van der Waals surface area contributed by atoms with Gasteiger partial charge in [-0.3, -0.25) is 14.5 Å². The van der Waals surface area contributed by atoms with Crippen LogP contribution in [-0.2, 0) is 9.59 Å². The van der Waals surface area contributed by atoms with E-state index in [1.165, 1.54) is 0 Å². The monoisotopic (exact) mass is 292 g/mol. The van der Waals surface area contributed by atoms with E-state index in [1.807, 2.05) is 17.0 Å². The van der Waals surface area contributed by atoms with Crippen molar-refractivity contribution in [1.82, 2.24) is 4.90 Å². The maximum Gasteiger partial charge on any atom is 0.304 e. The summed E-state index contributed by atoms with van der Waals surface area (Å²) >= 11 is 0. The van der Waals surface area contributed by atoms with Crippen molar-refractivity contribution >= 4 is 17.6 Å². The number of ether oxygens (including phenoxy) is 1. The fraction of sp³-hybridized carbons (Fsp3) is 0.467. The molecule has 1 aliphatic carbocycles. The first-order chi connectivity index (χ1) is 10.1. The molecule has 6 heteroatoms. The van der Waals surface area contributed by atoms with Crippen LogP contribution in [0.3, 0.4) is 0 Å². The topological polar surface area (TPSA) is 78.9 Å². The Morgan fingerprint density at radius 2 is 2.10 bits per heavy atom. The lowest BCUT2D eigenvalue weighted by Crippen LogP contribution is -2.36. The van der Waals surface area contributed by atoms with Gasteiger partial charge in [-0.15, -0.1) is 0 Å². The summed E-state index contributed by atoms with van der Waals surface area (Å²) in [6.45, 7) is 0.606. The predicted octanol–water partition coefficient (Wildman–Crippen LogP) is 1.57. The first-order valence-electron chi connectivity index (χ1n) is 6.99. The molecule has 1 aliphatic rings. The smallest absolute Gasteiger partial charge is 0.304 e. The number of methoxy groups -OCH3 is 1. The molecule has 0 saturated heterocycles. The maximum absolute atomic E-state index is 12.1. The van der Waals surface area contributed by atoms with Crippen LogP contribution in [0, 0.1) is 0 Å². The number of anilines is 1. The van der Waals surface area contributed by atoms with Gasteiger partial charge >= 0.3 is 5.97 Å². The Bertz CT molecular complexity index is 514. The third kappa shape index (κ3) is 4.75. The van der Waals surface area contributed by atoms with E-state index in [9.17, 15) is 9.59 Å². The molecule has 0 heterocycles. The molecule has 0 bridgehead atoms. The lowest BCUT2D eigenvalue weighted by Gasteiger charge is -2.20. The molecule has 1 fully saturated rings. The van der Waals surface area contributed by atoms with E-state index in [4.69, 9.17) is 9.84 Å². The number of hydrogen-bond donors (Lipinski definition) is 2. The molecule has 1 aromatic carbocycles. The number of carboxylic acids is 1. The molecule has 114 valence electrons. The van der Waals surface area contributed by atoms with Crippen LogP contribution in [0.1, 0.15) is 19.3 Å². The summed E-state index contributed by atoms with van der Waals surface area (Å²) in [5, 5.41) is 11.6. The molecule has 0 radical (unpaired) electrons. The molecule has 2 rings (SSSR count). The Morgan fingerprint density at radius 3 is 2.71 bits per heavy atom. The number of amides is 1. The van der Waals surface area contributed by atoms with Crippen molar-refractivity contribution in [3.8, 4) is 5.75 Å². The van der Waals surface area contributed by atoms with Gasteiger partial charge in [-0.25, -0.2) is 0 Å². The minimum atomic E-state index is -0.842. The predicted molar refractivity (Wildman–Crippen MR) is 78.5 cm³/mol. The standard InChI is InChI=1S/C15H20N2O4/c1-21-13-5-3-2-4-12(13)16-14(18)10-17(11-6-7-11)9-8-15(19)20/h2-5,11H,6-10H2,1H3,(H,16,18)(H,19,20). The Labute approximate surface area is 123 Å². The fourth-order valence-electron chi connectivity index (χ4n) is 2.19. The molecule has 0 unspecified atom stereocenters. The molecule has 0 aromatic heterocycles. The van der Waals surface area contributed by atoms with Crippen LogP contribution in [0.15, 0.2) is 24.3 Å². The van der Waals surface area contributed by atoms with Gasteiger partial charge in [0.25, 0.3) is 0 Å². The van der Waals surface area contributed by atoms with Crippen molar-refractivity contribution in [1.29, 1.82) is 0 Å². The van der Waals surface area contributed by atoms with Gasteiger partial charge in [0.1, 0.15) is 5.75 Å². The summed E-state index contributed by atoms with van der Waals surface area (Å²) in [6.07, 6.45) is 2.11. The second-order valence-electron chi connectivity index (χ2n) is 5.09. The molecule has 1 amide bonds. The molecule has 2 N–H and O–H groups in total. The normalized spacial score (nSPS) is 14.0. The van der Waals surface area contributed by atoms with Crippen LogP contribution < -0.4 is 10.1 Å². The van der Waals surface area contributed by atoms with E-state index in [0.29, 0.717) is 24.0 Å². The molecule has 0 atom stereocenters. The highest BCUT2D eigenvalue weighted by atomic mass is 16.5. The number of aliphatic carboxylic acids is 1. The van der Waals surface area contributed by atoms with Gasteiger partial charge in [0, 0.05) is 12.6 Å². The summed E-state index contributed by atoms with van der Waals surface area (Å²) in [5.74, 6) is -0.392. The third-order valence-corrected chi connectivity index (χ3v) is 3.40. The molecular weight excluding hydrogens is 272 g/mol.